The highest BCUT2D eigenvalue weighted by Crippen LogP contribution is 2.26. The SMILES string of the molecule is COc1cccnc1N(CCC(=N)N)C(C)C. The maximum absolute atomic E-state index is 7.29. The van der Waals surface area contributed by atoms with Crippen LogP contribution >= 0.6 is 0 Å². The number of nitrogens with two attached hydrogens (primary N) is 1. The first-order valence-corrected chi connectivity index (χ1v) is 5.64. The van der Waals surface area contributed by atoms with Crippen LogP contribution in [0.1, 0.15) is 20.3 Å². The van der Waals surface area contributed by atoms with Crippen molar-refractivity contribution in [1.82, 2.24) is 4.98 Å². The Morgan fingerprint density at radius 2 is 2.29 bits per heavy atom. The largest absolute Gasteiger partial charge is 0.493 e. The summed E-state index contributed by atoms with van der Waals surface area (Å²) >= 11 is 0. The van der Waals surface area contributed by atoms with Gasteiger partial charge in [-0.3, -0.25) is 5.41 Å². The van der Waals surface area contributed by atoms with E-state index in [0.717, 1.165) is 11.6 Å². The van der Waals surface area contributed by atoms with Gasteiger partial charge in [-0.15, -0.1) is 0 Å². The molecule has 0 spiro atoms. The predicted molar refractivity (Wildman–Crippen MR) is 69.8 cm³/mol. The monoisotopic (exact) mass is 236 g/mol. The number of hydrogen-bond donors (Lipinski definition) is 2. The number of nitrogens with zero attached hydrogens (tertiary/aromatic N) is 2. The first-order chi connectivity index (χ1) is 8.06. The van der Waals surface area contributed by atoms with E-state index >= 15 is 0 Å². The molecule has 1 rings (SSSR count). The highest BCUT2D eigenvalue weighted by molar-refractivity contribution is 5.77. The Morgan fingerprint density at radius 3 is 2.82 bits per heavy atom. The molecule has 0 bridgehead atoms. The van der Waals surface area contributed by atoms with Gasteiger partial charge in [0, 0.05) is 25.2 Å². The summed E-state index contributed by atoms with van der Waals surface area (Å²) in [6.07, 6.45) is 2.26. The van der Waals surface area contributed by atoms with Crippen molar-refractivity contribution in [1.29, 1.82) is 5.41 Å². The van der Waals surface area contributed by atoms with Crippen LogP contribution in [0.2, 0.25) is 0 Å². The van der Waals surface area contributed by atoms with Crippen LogP contribution in [0.5, 0.6) is 5.75 Å². The normalized spacial score (nSPS) is 10.4. The van der Waals surface area contributed by atoms with Gasteiger partial charge in [0.15, 0.2) is 11.6 Å². The predicted octanol–water partition coefficient (Wildman–Crippen LogP) is 1.63. The summed E-state index contributed by atoms with van der Waals surface area (Å²) in [6.45, 7) is 4.82. The summed E-state index contributed by atoms with van der Waals surface area (Å²) in [6, 6.07) is 4.00. The van der Waals surface area contributed by atoms with Gasteiger partial charge in [0.25, 0.3) is 0 Å². The third kappa shape index (κ3) is 3.62. The second-order valence-corrected chi connectivity index (χ2v) is 4.09. The Bertz CT molecular complexity index is 379. The lowest BCUT2D eigenvalue weighted by molar-refractivity contribution is 0.411. The zero-order valence-corrected chi connectivity index (χ0v) is 10.6. The minimum atomic E-state index is 0.186. The first kappa shape index (κ1) is 13.3. The van der Waals surface area contributed by atoms with E-state index < -0.39 is 0 Å². The van der Waals surface area contributed by atoms with Crippen molar-refractivity contribution in [2.75, 3.05) is 18.6 Å². The van der Waals surface area contributed by atoms with Crippen molar-refractivity contribution >= 4 is 11.7 Å². The Hall–Kier alpha value is -1.78. The highest BCUT2D eigenvalue weighted by atomic mass is 16.5. The molecule has 0 aliphatic carbocycles. The standard InChI is InChI=1S/C12H20N4O/c1-9(2)16(8-6-11(13)14)12-10(17-3)5-4-7-15-12/h4-5,7,9H,6,8H2,1-3H3,(H3,13,14). The number of pyridine rings is 1. The lowest BCUT2D eigenvalue weighted by Crippen LogP contribution is -2.34. The molecule has 0 atom stereocenters. The molecule has 0 fully saturated rings. The van der Waals surface area contributed by atoms with Gasteiger partial charge in [0.05, 0.1) is 12.9 Å². The molecule has 0 radical (unpaired) electrons. The van der Waals surface area contributed by atoms with Crippen LogP contribution in [0.15, 0.2) is 18.3 Å². The van der Waals surface area contributed by atoms with Crippen LogP contribution in [0.3, 0.4) is 0 Å². The van der Waals surface area contributed by atoms with E-state index in [-0.39, 0.29) is 11.9 Å². The lowest BCUT2D eigenvalue weighted by Gasteiger charge is -2.28. The molecule has 1 aromatic rings. The van der Waals surface area contributed by atoms with Crippen molar-refractivity contribution in [2.24, 2.45) is 5.73 Å². The average Bonchev–Trinajstić information content (AvgIpc) is 2.29. The maximum Gasteiger partial charge on any atom is 0.171 e. The van der Waals surface area contributed by atoms with Gasteiger partial charge in [-0.25, -0.2) is 4.98 Å². The smallest absolute Gasteiger partial charge is 0.171 e. The lowest BCUT2D eigenvalue weighted by atomic mass is 10.2. The van der Waals surface area contributed by atoms with Crippen molar-refractivity contribution < 1.29 is 4.74 Å². The highest BCUT2D eigenvalue weighted by Gasteiger charge is 2.16. The van der Waals surface area contributed by atoms with Crippen LogP contribution in [0.4, 0.5) is 5.82 Å². The fourth-order valence-electron chi connectivity index (χ4n) is 1.61. The Labute approximate surface area is 102 Å². The number of ether oxygens (including phenoxy) is 1. The summed E-state index contributed by atoms with van der Waals surface area (Å²) in [4.78, 5) is 6.42. The van der Waals surface area contributed by atoms with Crippen LogP contribution in [0.25, 0.3) is 0 Å². The summed E-state index contributed by atoms with van der Waals surface area (Å²) < 4.78 is 5.29. The third-order valence-corrected chi connectivity index (χ3v) is 2.49. The van der Waals surface area contributed by atoms with Crippen LogP contribution in [-0.2, 0) is 0 Å². The molecule has 0 aliphatic heterocycles. The van der Waals surface area contributed by atoms with E-state index in [1.807, 2.05) is 12.1 Å². The Kier molecular flexibility index (Phi) is 4.75. The van der Waals surface area contributed by atoms with Crippen molar-refractivity contribution in [3.05, 3.63) is 18.3 Å². The van der Waals surface area contributed by atoms with Crippen molar-refractivity contribution in [3.63, 3.8) is 0 Å². The number of nitrogens with one attached hydrogen (secondary N) is 1. The van der Waals surface area contributed by atoms with E-state index in [9.17, 15) is 0 Å². The summed E-state index contributed by atoms with van der Waals surface area (Å²) in [5.74, 6) is 1.72. The number of anilines is 1. The van der Waals surface area contributed by atoms with E-state index in [1.165, 1.54) is 0 Å². The van der Waals surface area contributed by atoms with E-state index in [0.29, 0.717) is 13.0 Å². The molecule has 0 unspecified atom stereocenters. The average molecular weight is 236 g/mol. The second-order valence-electron chi connectivity index (χ2n) is 4.09. The zero-order valence-electron chi connectivity index (χ0n) is 10.6. The Morgan fingerprint density at radius 1 is 1.59 bits per heavy atom. The molecule has 94 valence electrons. The Balaban J connectivity index is 2.92. The fraction of sp³-hybridized carbons (Fsp3) is 0.500. The molecule has 3 N–H and O–H groups in total. The topological polar surface area (TPSA) is 75.2 Å². The molecular weight excluding hydrogens is 216 g/mol. The number of rotatable bonds is 6. The molecule has 0 aliphatic rings. The fourth-order valence-corrected chi connectivity index (χ4v) is 1.61. The van der Waals surface area contributed by atoms with Gasteiger partial charge >= 0.3 is 0 Å². The second kappa shape index (κ2) is 6.08. The summed E-state index contributed by atoms with van der Waals surface area (Å²) in [5, 5.41) is 7.29. The van der Waals surface area contributed by atoms with Crippen LogP contribution in [0, 0.1) is 5.41 Å². The molecule has 5 heteroatoms. The van der Waals surface area contributed by atoms with Crippen molar-refractivity contribution in [2.45, 2.75) is 26.3 Å². The van der Waals surface area contributed by atoms with Gasteiger partial charge in [0.2, 0.25) is 0 Å². The molecule has 0 saturated carbocycles. The molecular formula is C12H20N4O. The molecule has 5 nitrogen and oxygen atoms in total. The quantitative estimate of drug-likeness (QED) is 0.581. The maximum atomic E-state index is 7.29. The third-order valence-electron chi connectivity index (χ3n) is 2.49. The first-order valence-electron chi connectivity index (χ1n) is 5.64. The number of methoxy groups -OCH3 is 1. The van der Waals surface area contributed by atoms with Gasteiger partial charge in [-0.1, -0.05) is 0 Å². The number of aromatic nitrogens is 1. The van der Waals surface area contributed by atoms with E-state index in [1.54, 1.807) is 13.3 Å². The summed E-state index contributed by atoms with van der Waals surface area (Å²) in [5.41, 5.74) is 5.39. The molecule has 17 heavy (non-hydrogen) atoms. The minimum Gasteiger partial charge on any atom is -0.493 e. The van der Waals surface area contributed by atoms with E-state index in [4.69, 9.17) is 15.9 Å². The number of hydrogen-bond acceptors (Lipinski definition) is 4. The molecule has 0 aromatic carbocycles. The van der Waals surface area contributed by atoms with Gasteiger partial charge < -0.3 is 15.4 Å². The molecule has 1 heterocycles. The summed E-state index contributed by atoms with van der Waals surface area (Å²) in [7, 11) is 1.63. The minimum absolute atomic E-state index is 0.186. The number of amidine groups is 1. The molecule has 0 amide bonds. The van der Waals surface area contributed by atoms with Gasteiger partial charge in [-0.2, -0.15) is 0 Å². The van der Waals surface area contributed by atoms with Gasteiger partial charge in [-0.05, 0) is 26.0 Å². The zero-order chi connectivity index (χ0) is 12.8. The molecule has 1 aromatic heterocycles. The van der Waals surface area contributed by atoms with Gasteiger partial charge in [0.1, 0.15) is 0 Å². The molecule has 0 saturated heterocycles. The van der Waals surface area contributed by atoms with Crippen LogP contribution in [-0.4, -0.2) is 30.5 Å². The van der Waals surface area contributed by atoms with Crippen molar-refractivity contribution in [3.8, 4) is 5.75 Å². The van der Waals surface area contributed by atoms with Crippen LogP contribution < -0.4 is 15.4 Å². The van der Waals surface area contributed by atoms with E-state index in [2.05, 4.69) is 23.7 Å².